The van der Waals surface area contributed by atoms with Crippen molar-refractivity contribution in [2.45, 2.75) is 64.2 Å². The molecule has 1 saturated carbocycles. The van der Waals surface area contributed by atoms with Gasteiger partial charge in [-0.3, -0.25) is 4.90 Å². The van der Waals surface area contributed by atoms with Crippen molar-refractivity contribution >= 4 is 0 Å². The van der Waals surface area contributed by atoms with Crippen molar-refractivity contribution in [2.75, 3.05) is 0 Å². The summed E-state index contributed by atoms with van der Waals surface area (Å²) in [5.41, 5.74) is 6.42. The Morgan fingerprint density at radius 1 is 1.23 bits per heavy atom. The minimum absolute atomic E-state index is 0.289. The Hall–Kier alpha value is -0.0800. The monoisotopic (exact) mass is 182 g/mol. The lowest BCUT2D eigenvalue weighted by atomic mass is 9.93. The molecule has 13 heavy (non-hydrogen) atoms. The summed E-state index contributed by atoms with van der Waals surface area (Å²) in [4.78, 5) is 2.63. The zero-order valence-electron chi connectivity index (χ0n) is 9.25. The van der Waals surface area contributed by atoms with Gasteiger partial charge in [0.1, 0.15) is 0 Å². The third-order valence-corrected chi connectivity index (χ3v) is 3.87. The summed E-state index contributed by atoms with van der Waals surface area (Å²) in [6.07, 6.45) is 2.58. The number of rotatable bonds is 0. The predicted molar refractivity (Wildman–Crippen MR) is 55.5 cm³/mol. The Labute approximate surface area is 81.5 Å². The van der Waals surface area contributed by atoms with Crippen LogP contribution in [0.4, 0.5) is 0 Å². The highest BCUT2D eigenvalue weighted by atomic mass is 15.3. The Balaban J connectivity index is 2.21. The van der Waals surface area contributed by atoms with Gasteiger partial charge in [0.25, 0.3) is 0 Å². The third kappa shape index (κ3) is 1.31. The van der Waals surface area contributed by atoms with Gasteiger partial charge in [-0.1, -0.05) is 0 Å². The first kappa shape index (κ1) is 9.47. The summed E-state index contributed by atoms with van der Waals surface area (Å²) in [6, 6.07) is 1.82. The second-order valence-corrected chi connectivity index (χ2v) is 5.78. The first-order valence-corrected chi connectivity index (χ1v) is 5.45. The van der Waals surface area contributed by atoms with E-state index in [0.29, 0.717) is 12.1 Å². The van der Waals surface area contributed by atoms with Crippen molar-refractivity contribution in [3.8, 4) is 0 Å². The van der Waals surface area contributed by atoms with E-state index in [-0.39, 0.29) is 5.54 Å². The average Bonchev–Trinajstić information content (AvgIpc) is 2.41. The quantitative estimate of drug-likeness (QED) is 0.616. The zero-order chi connectivity index (χ0) is 9.80. The minimum Gasteiger partial charge on any atom is -0.326 e. The summed E-state index contributed by atoms with van der Waals surface area (Å²) in [6.45, 7) is 9.27. The van der Waals surface area contributed by atoms with Gasteiger partial charge in [-0.25, -0.2) is 0 Å². The van der Waals surface area contributed by atoms with Crippen molar-refractivity contribution in [3.05, 3.63) is 0 Å². The van der Waals surface area contributed by atoms with Gasteiger partial charge < -0.3 is 5.73 Å². The lowest BCUT2D eigenvalue weighted by molar-refractivity contribution is 0.0420. The first-order chi connectivity index (χ1) is 5.91. The molecule has 0 amide bonds. The molecule has 1 aliphatic carbocycles. The molecule has 0 aromatic heterocycles. The molecule has 0 aromatic carbocycles. The smallest absolute Gasteiger partial charge is 0.0258 e. The molecule has 0 radical (unpaired) electrons. The van der Waals surface area contributed by atoms with Crippen LogP contribution in [0, 0.1) is 5.92 Å². The van der Waals surface area contributed by atoms with Crippen LogP contribution >= 0.6 is 0 Å². The molecule has 0 aromatic rings. The van der Waals surface area contributed by atoms with Crippen LogP contribution in [0.2, 0.25) is 0 Å². The molecule has 2 aliphatic rings. The molecule has 2 bridgehead atoms. The highest BCUT2D eigenvalue weighted by molar-refractivity contribution is 5.07. The molecular formula is C11H22N2. The van der Waals surface area contributed by atoms with Crippen LogP contribution in [-0.4, -0.2) is 28.6 Å². The molecule has 1 aliphatic heterocycles. The Morgan fingerprint density at radius 2 is 1.85 bits per heavy atom. The maximum atomic E-state index is 6.13. The second-order valence-electron chi connectivity index (χ2n) is 5.78. The van der Waals surface area contributed by atoms with Gasteiger partial charge >= 0.3 is 0 Å². The molecule has 2 rings (SSSR count). The van der Waals surface area contributed by atoms with E-state index < -0.39 is 0 Å². The van der Waals surface area contributed by atoms with E-state index in [2.05, 4.69) is 32.6 Å². The number of piperidine rings is 1. The standard InChI is InChI=1S/C11H22N2/c1-7-8-5-9(12)10(6-8)13(7)11(2,3)4/h7-10H,5-6,12H2,1-4H3/t7-,8?,9?,10?/m1/s1. The lowest BCUT2D eigenvalue weighted by Gasteiger charge is -2.45. The summed E-state index contributed by atoms with van der Waals surface area (Å²) in [5.74, 6) is 0.860. The average molecular weight is 182 g/mol. The first-order valence-electron chi connectivity index (χ1n) is 5.45. The van der Waals surface area contributed by atoms with Crippen LogP contribution in [0.1, 0.15) is 40.5 Å². The van der Waals surface area contributed by atoms with E-state index in [4.69, 9.17) is 5.73 Å². The number of likely N-dealkylation sites (tertiary alicyclic amines) is 1. The van der Waals surface area contributed by atoms with E-state index in [1.54, 1.807) is 0 Å². The van der Waals surface area contributed by atoms with Gasteiger partial charge in [0.2, 0.25) is 0 Å². The summed E-state index contributed by atoms with van der Waals surface area (Å²) >= 11 is 0. The van der Waals surface area contributed by atoms with E-state index in [1.165, 1.54) is 12.8 Å². The fraction of sp³-hybridized carbons (Fsp3) is 1.00. The molecule has 1 heterocycles. The van der Waals surface area contributed by atoms with Crippen molar-refractivity contribution < 1.29 is 0 Å². The molecule has 2 nitrogen and oxygen atoms in total. The van der Waals surface area contributed by atoms with Gasteiger partial charge in [-0.15, -0.1) is 0 Å². The lowest BCUT2D eigenvalue weighted by Crippen LogP contribution is -2.57. The summed E-state index contributed by atoms with van der Waals surface area (Å²) in [5, 5.41) is 0. The SMILES string of the molecule is C[C@@H]1C2CC(N)C(C2)N1C(C)(C)C. The van der Waals surface area contributed by atoms with E-state index >= 15 is 0 Å². The van der Waals surface area contributed by atoms with Crippen LogP contribution in [0.3, 0.4) is 0 Å². The number of nitrogens with zero attached hydrogens (tertiary/aromatic N) is 1. The molecule has 2 fully saturated rings. The number of nitrogens with two attached hydrogens (primary N) is 1. The van der Waals surface area contributed by atoms with Gasteiger partial charge in [0, 0.05) is 23.7 Å². The van der Waals surface area contributed by atoms with Crippen molar-refractivity contribution in [3.63, 3.8) is 0 Å². The topological polar surface area (TPSA) is 29.3 Å². The fourth-order valence-corrected chi connectivity index (χ4v) is 3.44. The van der Waals surface area contributed by atoms with Crippen molar-refractivity contribution in [1.29, 1.82) is 0 Å². The molecule has 1 saturated heterocycles. The number of fused-ring (bicyclic) bond motifs is 2. The van der Waals surface area contributed by atoms with Crippen LogP contribution in [0.25, 0.3) is 0 Å². The van der Waals surface area contributed by atoms with Gasteiger partial charge in [-0.05, 0) is 46.5 Å². The third-order valence-electron chi connectivity index (χ3n) is 3.87. The van der Waals surface area contributed by atoms with Crippen LogP contribution < -0.4 is 5.73 Å². The molecule has 2 N–H and O–H groups in total. The van der Waals surface area contributed by atoms with Gasteiger partial charge in [0.15, 0.2) is 0 Å². The maximum absolute atomic E-state index is 6.13. The Morgan fingerprint density at radius 3 is 2.23 bits per heavy atom. The van der Waals surface area contributed by atoms with E-state index in [0.717, 1.165) is 12.0 Å². The largest absolute Gasteiger partial charge is 0.326 e. The van der Waals surface area contributed by atoms with Gasteiger partial charge in [-0.2, -0.15) is 0 Å². The zero-order valence-corrected chi connectivity index (χ0v) is 9.25. The molecular weight excluding hydrogens is 160 g/mol. The van der Waals surface area contributed by atoms with Crippen molar-refractivity contribution in [2.24, 2.45) is 11.7 Å². The molecule has 4 atom stereocenters. The molecule has 3 unspecified atom stereocenters. The molecule has 0 spiro atoms. The van der Waals surface area contributed by atoms with E-state index in [1.807, 2.05) is 0 Å². The maximum Gasteiger partial charge on any atom is 0.0258 e. The van der Waals surface area contributed by atoms with Crippen LogP contribution in [0.15, 0.2) is 0 Å². The van der Waals surface area contributed by atoms with Crippen LogP contribution in [0.5, 0.6) is 0 Å². The van der Waals surface area contributed by atoms with Gasteiger partial charge in [0.05, 0.1) is 0 Å². The second kappa shape index (κ2) is 2.71. The molecule has 76 valence electrons. The predicted octanol–water partition coefficient (Wildman–Crippen LogP) is 1.59. The summed E-state index contributed by atoms with van der Waals surface area (Å²) < 4.78 is 0. The number of hydrogen-bond acceptors (Lipinski definition) is 2. The highest BCUT2D eigenvalue weighted by Gasteiger charge is 2.51. The van der Waals surface area contributed by atoms with Crippen LogP contribution in [-0.2, 0) is 0 Å². The van der Waals surface area contributed by atoms with Crippen molar-refractivity contribution in [1.82, 2.24) is 4.90 Å². The summed E-state index contributed by atoms with van der Waals surface area (Å²) in [7, 11) is 0. The Kier molecular flexibility index (Phi) is 1.97. The fourth-order valence-electron chi connectivity index (χ4n) is 3.44. The number of hydrogen-bond donors (Lipinski definition) is 1. The van der Waals surface area contributed by atoms with E-state index in [9.17, 15) is 0 Å². The highest BCUT2D eigenvalue weighted by Crippen LogP contribution is 2.44. The normalized spacial score (nSPS) is 45.9. The molecule has 2 heteroatoms. The minimum atomic E-state index is 0.289. The Bertz CT molecular complexity index is 207.